The first kappa shape index (κ1) is 17.9. The van der Waals surface area contributed by atoms with Gasteiger partial charge in [0.15, 0.2) is 6.61 Å². The summed E-state index contributed by atoms with van der Waals surface area (Å²) in [5.74, 6) is 0.586. The topological polar surface area (TPSA) is 60.5 Å². The Labute approximate surface area is 157 Å². The molecule has 1 aromatic heterocycles. The fourth-order valence-electron chi connectivity index (χ4n) is 2.06. The predicted octanol–water partition coefficient (Wildman–Crippen LogP) is 4.79. The summed E-state index contributed by atoms with van der Waals surface area (Å²) in [5, 5.41) is 2.46. The van der Waals surface area contributed by atoms with Crippen LogP contribution in [0.15, 0.2) is 71.3 Å². The monoisotopic (exact) mass is 416 g/mol. The number of rotatable bonds is 6. The van der Waals surface area contributed by atoms with Crippen LogP contribution in [0.4, 0.5) is 10.1 Å². The van der Waals surface area contributed by atoms with E-state index in [2.05, 4.69) is 26.2 Å². The van der Waals surface area contributed by atoms with Gasteiger partial charge in [0.05, 0.1) is 5.69 Å². The normalized spacial score (nSPS) is 10.2. The highest BCUT2D eigenvalue weighted by molar-refractivity contribution is 9.10. The van der Waals surface area contributed by atoms with E-state index < -0.39 is 11.7 Å². The van der Waals surface area contributed by atoms with Gasteiger partial charge >= 0.3 is 0 Å². The maximum Gasteiger partial charge on any atom is 0.262 e. The molecule has 0 atom stereocenters. The van der Waals surface area contributed by atoms with Crippen molar-refractivity contribution in [2.24, 2.45) is 0 Å². The van der Waals surface area contributed by atoms with Gasteiger partial charge in [-0.25, -0.2) is 9.37 Å². The first-order valence-electron chi connectivity index (χ1n) is 7.67. The van der Waals surface area contributed by atoms with Crippen molar-refractivity contribution in [1.29, 1.82) is 0 Å². The molecule has 0 spiro atoms. The fourth-order valence-corrected chi connectivity index (χ4v) is 2.39. The molecular formula is C19H14BrFN2O3. The van der Waals surface area contributed by atoms with Crippen LogP contribution < -0.4 is 14.8 Å². The summed E-state index contributed by atoms with van der Waals surface area (Å²) >= 11 is 3.16. The zero-order valence-electron chi connectivity index (χ0n) is 13.5. The number of carbonyl (C=O) groups excluding carboxylic acids is 1. The molecule has 3 rings (SSSR count). The Morgan fingerprint density at radius 1 is 1.08 bits per heavy atom. The van der Waals surface area contributed by atoms with Crippen molar-refractivity contribution in [3.63, 3.8) is 0 Å². The number of benzene rings is 2. The Bertz CT molecular complexity index is 889. The summed E-state index contributed by atoms with van der Waals surface area (Å²) in [4.78, 5) is 16.0. The molecule has 2 aromatic carbocycles. The lowest BCUT2D eigenvalue weighted by Gasteiger charge is -2.09. The van der Waals surface area contributed by atoms with E-state index in [0.717, 1.165) is 0 Å². The van der Waals surface area contributed by atoms with Crippen LogP contribution in [0, 0.1) is 5.82 Å². The molecule has 0 aliphatic rings. The average molecular weight is 417 g/mol. The Morgan fingerprint density at radius 3 is 2.54 bits per heavy atom. The summed E-state index contributed by atoms with van der Waals surface area (Å²) in [7, 11) is 0. The largest absolute Gasteiger partial charge is 0.484 e. The second-order valence-electron chi connectivity index (χ2n) is 5.20. The van der Waals surface area contributed by atoms with E-state index in [1.807, 2.05) is 6.07 Å². The molecule has 7 heteroatoms. The van der Waals surface area contributed by atoms with Crippen molar-refractivity contribution in [1.82, 2.24) is 4.98 Å². The van der Waals surface area contributed by atoms with Crippen molar-refractivity contribution < 1.29 is 18.7 Å². The van der Waals surface area contributed by atoms with Crippen molar-refractivity contribution >= 4 is 27.5 Å². The third-order valence-electron chi connectivity index (χ3n) is 3.26. The Balaban J connectivity index is 1.52. The molecule has 1 heterocycles. The first-order chi connectivity index (χ1) is 12.6. The van der Waals surface area contributed by atoms with Gasteiger partial charge in [0, 0.05) is 16.7 Å². The summed E-state index contributed by atoms with van der Waals surface area (Å²) in [5.41, 5.74) is 0.0981. The number of aromatic nitrogens is 1. The fraction of sp³-hybridized carbons (Fsp3) is 0.0526. The van der Waals surface area contributed by atoms with Gasteiger partial charge in [0.25, 0.3) is 5.91 Å². The van der Waals surface area contributed by atoms with E-state index in [1.165, 1.54) is 12.1 Å². The quantitative estimate of drug-likeness (QED) is 0.627. The first-order valence-corrected chi connectivity index (χ1v) is 8.46. The van der Waals surface area contributed by atoms with Crippen molar-refractivity contribution in [3.05, 3.63) is 77.2 Å². The van der Waals surface area contributed by atoms with Gasteiger partial charge in [-0.2, -0.15) is 0 Å². The van der Waals surface area contributed by atoms with Gasteiger partial charge in [-0.15, -0.1) is 0 Å². The molecule has 0 unspecified atom stereocenters. The van der Waals surface area contributed by atoms with Crippen LogP contribution in [0.2, 0.25) is 0 Å². The summed E-state index contributed by atoms with van der Waals surface area (Å²) in [6.07, 6.45) is 1.64. The molecule has 132 valence electrons. The lowest BCUT2D eigenvalue weighted by Crippen LogP contribution is -2.20. The van der Waals surface area contributed by atoms with Crippen LogP contribution in [0.5, 0.6) is 17.4 Å². The highest BCUT2D eigenvalue weighted by atomic mass is 79.9. The average Bonchev–Trinajstić information content (AvgIpc) is 2.64. The van der Waals surface area contributed by atoms with E-state index in [-0.39, 0.29) is 12.3 Å². The number of hydrogen-bond acceptors (Lipinski definition) is 4. The van der Waals surface area contributed by atoms with Crippen LogP contribution in [-0.2, 0) is 4.79 Å². The minimum absolute atomic E-state index is 0.0981. The maximum atomic E-state index is 13.7. The van der Waals surface area contributed by atoms with E-state index in [4.69, 9.17) is 9.47 Å². The zero-order chi connectivity index (χ0) is 18.4. The van der Waals surface area contributed by atoms with E-state index >= 15 is 0 Å². The van der Waals surface area contributed by atoms with E-state index in [9.17, 15) is 9.18 Å². The molecule has 0 saturated carbocycles. The summed E-state index contributed by atoms with van der Waals surface area (Å²) < 4.78 is 25.3. The second kappa shape index (κ2) is 8.44. The minimum atomic E-state index is -0.524. The number of nitrogens with one attached hydrogen (secondary N) is 1. The molecule has 0 aliphatic heterocycles. The predicted molar refractivity (Wildman–Crippen MR) is 99.0 cm³/mol. The second-order valence-corrected chi connectivity index (χ2v) is 6.12. The van der Waals surface area contributed by atoms with Gasteiger partial charge in [0.1, 0.15) is 17.3 Å². The number of hydrogen-bond donors (Lipinski definition) is 1. The SMILES string of the molecule is O=C(COc1ccc(Oc2ccccn2)cc1)Nc1ccc(Br)cc1F. The Hall–Kier alpha value is -2.93. The molecule has 0 bridgehead atoms. The lowest BCUT2D eigenvalue weighted by molar-refractivity contribution is -0.118. The summed E-state index contributed by atoms with van der Waals surface area (Å²) in [6, 6.07) is 16.5. The van der Waals surface area contributed by atoms with Crippen LogP contribution in [0.3, 0.4) is 0 Å². The van der Waals surface area contributed by atoms with Crippen LogP contribution in [0.25, 0.3) is 0 Å². The molecule has 0 saturated heterocycles. The standard InChI is InChI=1S/C19H14BrFN2O3/c20-13-4-9-17(16(21)11-13)23-18(24)12-25-14-5-7-15(8-6-14)26-19-3-1-2-10-22-19/h1-11H,12H2,(H,23,24). The number of halogens is 2. The number of anilines is 1. The smallest absolute Gasteiger partial charge is 0.262 e. The van der Waals surface area contributed by atoms with Gasteiger partial charge in [0.2, 0.25) is 5.88 Å². The highest BCUT2D eigenvalue weighted by Gasteiger charge is 2.08. The molecule has 0 radical (unpaired) electrons. The van der Waals surface area contributed by atoms with Gasteiger partial charge in [-0.05, 0) is 48.5 Å². The van der Waals surface area contributed by atoms with E-state index in [1.54, 1.807) is 48.7 Å². The number of amides is 1. The molecule has 1 amide bonds. The molecular weight excluding hydrogens is 403 g/mol. The number of ether oxygens (including phenoxy) is 2. The molecule has 1 N–H and O–H groups in total. The lowest BCUT2D eigenvalue weighted by atomic mass is 10.3. The Kier molecular flexibility index (Phi) is 5.80. The van der Waals surface area contributed by atoms with Gasteiger partial charge in [-0.1, -0.05) is 22.0 Å². The number of pyridine rings is 1. The van der Waals surface area contributed by atoms with Crippen molar-refractivity contribution in [3.8, 4) is 17.4 Å². The van der Waals surface area contributed by atoms with Gasteiger partial charge < -0.3 is 14.8 Å². The molecule has 0 fully saturated rings. The number of carbonyl (C=O) groups is 1. The highest BCUT2D eigenvalue weighted by Crippen LogP contribution is 2.22. The van der Waals surface area contributed by atoms with Crippen molar-refractivity contribution in [2.45, 2.75) is 0 Å². The molecule has 3 aromatic rings. The van der Waals surface area contributed by atoms with Crippen LogP contribution >= 0.6 is 15.9 Å². The van der Waals surface area contributed by atoms with Crippen molar-refractivity contribution in [2.75, 3.05) is 11.9 Å². The minimum Gasteiger partial charge on any atom is -0.484 e. The van der Waals surface area contributed by atoms with E-state index in [0.29, 0.717) is 21.9 Å². The molecule has 5 nitrogen and oxygen atoms in total. The Morgan fingerprint density at radius 2 is 1.85 bits per heavy atom. The molecule has 0 aliphatic carbocycles. The molecule has 26 heavy (non-hydrogen) atoms. The van der Waals surface area contributed by atoms with Gasteiger partial charge in [-0.3, -0.25) is 4.79 Å². The number of nitrogens with zero attached hydrogens (tertiary/aromatic N) is 1. The van der Waals surface area contributed by atoms with Crippen LogP contribution in [-0.4, -0.2) is 17.5 Å². The summed E-state index contributed by atoms with van der Waals surface area (Å²) in [6.45, 7) is -0.240. The zero-order valence-corrected chi connectivity index (χ0v) is 15.1. The van der Waals surface area contributed by atoms with Crippen LogP contribution in [0.1, 0.15) is 0 Å². The third-order valence-corrected chi connectivity index (χ3v) is 3.75. The third kappa shape index (κ3) is 5.03. The maximum absolute atomic E-state index is 13.7.